The number of nitrogens with one attached hydrogen (secondary N) is 1. The Morgan fingerprint density at radius 2 is 2.06 bits per heavy atom. The van der Waals surface area contributed by atoms with Crippen molar-refractivity contribution >= 4 is 11.6 Å². The Hall–Kier alpha value is -1.35. The van der Waals surface area contributed by atoms with E-state index in [4.69, 9.17) is 0 Å². The number of benzene rings is 1. The quantitative estimate of drug-likeness (QED) is 0.868. The first-order chi connectivity index (χ1) is 8.38. The molecule has 2 rings (SSSR count). The summed E-state index contributed by atoms with van der Waals surface area (Å²) in [5.41, 5.74) is 2.32. The highest BCUT2D eigenvalue weighted by atomic mass is 16.2. The van der Waals surface area contributed by atoms with E-state index in [1.165, 1.54) is 5.56 Å². The number of carbonyl (C=O) groups excluding carboxylic acids is 1. The van der Waals surface area contributed by atoms with E-state index in [1.54, 1.807) is 0 Å². The van der Waals surface area contributed by atoms with Gasteiger partial charge in [-0.15, -0.1) is 0 Å². The predicted molar refractivity (Wildman–Crippen MR) is 74.8 cm³/mol. The molecule has 0 saturated heterocycles. The zero-order valence-electron chi connectivity index (χ0n) is 11.7. The molecule has 0 saturated carbocycles. The lowest BCUT2D eigenvalue weighted by molar-refractivity contribution is -0.118. The van der Waals surface area contributed by atoms with Crippen LogP contribution >= 0.6 is 0 Å². The second-order valence-corrected chi connectivity index (χ2v) is 6.05. The Labute approximate surface area is 109 Å². The molecular formula is C15H22N2O. The van der Waals surface area contributed by atoms with E-state index >= 15 is 0 Å². The standard InChI is InChI=1S/C15H22N2O/c1-11-9-12-7-5-6-8-13(12)17(11)14(18)10-16-15(2,3)4/h5-8,11,16H,9-10H2,1-4H3. The minimum atomic E-state index is -0.0296. The van der Waals surface area contributed by atoms with Gasteiger partial charge in [-0.2, -0.15) is 0 Å². The molecule has 18 heavy (non-hydrogen) atoms. The van der Waals surface area contributed by atoms with E-state index in [0.717, 1.165) is 12.1 Å². The summed E-state index contributed by atoms with van der Waals surface area (Å²) in [5, 5.41) is 3.26. The molecule has 3 nitrogen and oxygen atoms in total. The molecule has 1 N–H and O–H groups in total. The summed E-state index contributed by atoms with van der Waals surface area (Å²) in [6.07, 6.45) is 0.956. The average Bonchev–Trinajstić information content (AvgIpc) is 2.61. The molecule has 1 aliphatic rings. The number of nitrogens with zero attached hydrogens (tertiary/aromatic N) is 1. The van der Waals surface area contributed by atoms with Crippen LogP contribution in [0.3, 0.4) is 0 Å². The Bertz CT molecular complexity index is 448. The fourth-order valence-corrected chi connectivity index (χ4v) is 2.37. The van der Waals surface area contributed by atoms with Crippen LogP contribution in [0.2, 0.25) is 0 Å². The van der Waals surface area contributed by atoms with Crippen molar-refractivity contribution in [3.8, 4) is 0 Å². The van der Waals surface area contributed by atoms with Crippen molar-refractivity contribution in [2.75, 3.05) is 11.4 Å². The van der Waals surface area contributed by atoms with Crippen LogP contribution in [-0.4, -0.2) is 24.0 Å². The van der Waals surface area contributed by atoms with Gasteiger partial charge in [0.1, 0.15) is 0 Å². The molecule has 0 spiro atoms. The maximum absolute atomic E-state index is 12.3. The van der Waals surface area contributed by atoms with Crippen molar-refractivity contribution in [1.29, 1.82) is 0 Å². The molecule has 1 unspecified atom stereocenters. The number of amides is 1. The molecule has 1 aromatic rings. The van der Waals surface area contributed by atoms with Crippen LogP contribution in [0.5, 0.6) is 0 Å². The molecule has 3 heteroatoms. The summed E-state index contributed by atoms with van der Waals surface area (Å²) in [6.45, 7) is 8.71. The Morgan fingerprint density at radius 3 is 2.72 bits per heavy atom. The van der Waals surface area contributed by atoms with Crippen LogP contribution in [0.15, 0.2) is 24.3 Å². The third-order valence-electron chi connectivity index (χ3n) is 3.25. The number of anilines is 1. The van der Waals surface area contributed by atoms with E-state index in [2.05, 4.69) is 39.1 Å². The molecule has 0 fully saturated rings. The second-order valence-electron chi connectivity index (χ2n) is 6.05. The van der Waals surface area contributed by atoms with Gasteiger partial charge in [0.2, 0.25) is 5.91 Å². The number of para-hydroxylation sites is 1. The molecule has 98 valence electrons. The Morgan fingerprint density at radius 1 is 1.39 bits per heavy atom. The Balaban J connectivity index is 2.11. The maximum Gasteiger partial charge on any atom is 0.241 e. The predicted octanol–water partition coefficient (Wildman–Crippen LogP) is 2.35. The molecule has 0 aromatic heterocycles. The van der Waals surface area contributed by atoms with Gasteiger partial charge in [0.05, 0.1) is 6.54 Å². The maximum atomic E-state index is 12.3. The van der Waals surface area contributed by atoms with Gasteiger partial charge in [-0.3, -0.25) is 4.79 Å². The minimum Gasteiger partial charge on any atom is -0.308 e. The molecule has 1 heterocycles. The van der Waals surface area contributed by atoms with Gasteiger partial charge < -0.3 is 10.2 Å². The number of hydrogen-bond donors (Lipinski definition) is 1. The number of carbonyl (C=O) groups is 1. The SMILES string of the molecule is CC1Cc2ccccc2N1C(=O)CNC(C)(C)C. The highest BCUT2D eigenvalue weighted by molar-refractivity contribution is 5.97. The summed E-state index contributed by atoms with van der Waals surface area (Å²) >= 11 is 0. The summed E-state index contributed by atoms with van der Waals surface area (Å²) < 4.78 is 0. The van der Waals surface area contributed by atoms with Gasteiger partial charge in [-0.05, 0) is 45.7 Å². The van der Waals surface area contributed by atoms with Gasteiger partial charge >= 0.3 is 0 Å². The third kappa shape index (κ3) is 2.72. The number of hydrogen-bond acceptors (Lipinski definition) is 2. The first-order valence-electron chi connectivity index (χ1n) is 6.53. The third-order valence-corrected chi connectivity index (χ3v) is 3.25. The van der Waals surface area contributed by atoms with Crippen molar-refractivity contribution in [3.05, 3.63) is 29.8 Å². The summed E-state index contributed by atoms with van der Waals surface area (Å²) in [6, 6.07) is 8.43. The second kappa shape index (κ2) is 4.73. The molecule has 1 atom stereocenters. The molecule has 1 aliphatic heterocycles. The van der Waals surface area contributed by atoms with Crippen LogP contribution in [-0.2, 0) is 11.2 Å². The lowest BCUT2D eigenvalue weighted by Crippen LogP contribution is -2.46. The largest absolute Gasteiger partial charge is 0.308 e. The topological polar surface area (TPSA) is 32.3 Å². The first kappa shape index (κ1) is 13.1. The summed E-state index contributed by atoms with van der Waals surface area (Å²) in [5.74, 6) is 0.155. The zero-order chi connectivity index (χ0) is 13.3. The molecule has 0 bridgehead atoms. The fraction of sp³-hybridized carbons (Fsp3) is 0.533. The van der Waals surface area contributed by atoms with Gasteiger partial charge in [-0.1, -0.05) is 18.2 Å². The smallest absolute Gasteiger partial charge is 0.241 e. The minimum absolute atomic E-state index is 0.0296. The lowest BCUT2D eigenvalue weighted by Gasteiger charge is -2.26. The highest BCUT2D eigenvalue weighted by Crippen LogP contribution is 2.31. The fourth-order valence-electron chi connectivity index (χ4n) is 2.37. The van der Waals surface area contributed by atoms with E-state index in [-0.39, 0.29) is 17.5 Å². The van der Waals surface area contributed by atoms with Gasteiger partial charge in [0.15, 0.2) is 0 Å². The summed E-state index contributed by atoms with van der Waals surface area (Å²) in [7, 11) is 0. The molecule has 0 radical (unpaired) electrons. The van der Waals surface area contributed by atoms with E-state index in [1.807, 2.05) is 23.1 Å². The van der Waals surface area contributed by atoms with Gasteiger partial charge in [0, 0.05) is 17.3 Å². The monoisotopic (exact) mass is 246 g/mol. The number of rotatable bonds is 2. The van der Waals surface area contributed by atoms with Gasteiger partial charge in [0.25, 0.3) is 0 Å². The van der Waals surface area contributed by atoms with E-state index < -0.39 is 0 Å². The van der Waals surface area contributed by atoms with Crippen LogP contribution < -0.4 is 10.2 Å². The lowest BCUT2D eigenvalue weighted by atomic mass is 10.1. The average molecular weight is 246 g/mol. The van der Waals surface area contributed by atoms with Gasteiger partial charge in [-0.25, -0.2) is 0 Å². The first-order valence-corrected chi connectivity index (χ1v) is 6.53. The molecule has 0 aliphatic carbocycles. The van der Waals surface area contributed by atoms with Crippen LogP contribution in [0.4, 0.5) is 5.69 Å². The molecule has 1 aromatic carbocycles. The van der Waals surface area contributed by atoms with Crippen molar-refractivity contribution in [3.63, 3.8) is 0 Å². The van der Waals surface area contributed by atoms with Crippen LogP contribution in [0, 0.1) is 0 Å². The van der Waals surface area contributed by atoms with E-state index in [9.17, 15) is 4.79 Å². The van der Waals surface area contributed by atoms with Crippen molar-refractivity contribution in [2.24, 2.45) is 0 Å². The highest BCUT2D eigenvalue weighted by Gasteiger charge is 2.30. The summed E-state index contributed by atoms with van der Waals surface area (Å²) in [4.78, 5) is 14.3. The number of fused-ring (bicyclic) bond motifs is 1. The van der Waals surface area contributed by atoms with Crippen molar-refractivity contribution < 1.29 is 4.79 Å². The van der Waals surface area contributed by atoms with Crippen molar-refractivity contribution in [2.45, 2.75) is 45.7 Å². The normalized spacial score (nSPS) is 18.9. The van der Waals surface area contributed by atoms with Crippen LogP contribution in [0.25, 0.3) is 0 Å². The van der Waals surface area contributed by atoms with Crippen molar-refractivity contribution in [1.82, 2.24) is 5.32 Å². The van der Waals surface area contributed by atoms with Crippen LogP contribution in [0.1, 0.15) is 33.3 Å². The Kier molecular flexibility index (Phi) is 3.44. The van der Waals surface area contributed by atoms with E-state index in [0.29, 0.717) is 6.54 Å². The molecule has 1 amide bonds. The molecular weight excluding hydrogens is 224 g/mol. The zero-order valence-corrected chi connectivity index (χ0v) is 11.7.